The first kappa shape index (κ1) is 21.5. The number of amides is 1. The Morgan fingerprint density at radius 3 is 3.03 bits per heavy atom. The molecule has 0 radical (unpaired) electrons. The first-order valence-electron chi connectivity index (χ1n) is 11.1. The monoisotopic (exact) mass is 425 g/mol. The summed E-state index contributed by atoms with van der Waals surface area (Å²) in [7, 11) is 1.69. The lowest BCUT2D eigenvalue weighted by atomic mass is 9.97. The van der Waals surface area contributed by atoms with Crippen LogP contribution in [-0.4, -0.2) is 62.4 Å². The van der Waals surface area contributed by atoms with Gasteiger partial charge >= 0.3 is 0 Å². The van der Waals surface area contributed by atoms with Crippen molar-refractivity contribution in [2.75, 3.05) is 56.7 Å². The van der Waals surface area contributed by atoms with Crippen molar-refractivity contribution >= 4 is 17.7 Å². The molecule has 1 amide bonds. The molecular formula is C23H31N5O3. The normalized spacial score (nSPS) is 15.9. The predicted octanol–water partition coefficient (Wildman–Crippen LogP) is 2.51. The molecule has 0 spiro atoms. The molecule has 1 fully saturated rings. The van der Waals surface area contributed by atoms with Crippen LogP contribution in [0, 0.1) is 5.92 Å². The van der Waals surface area contributed by atoms with E-state index in [4.69, 9.17) is 9.47 Å². The van der Waals surface area contributed by atoms with Crippen molar-refractivity contribution in [1.82, 2.24) is 15.3 Å². The largest absolute Gasteiger partial charge is 0.493 e. The second-order valence-electron chi connectivity index (χ2n) is 8.04. The molecule has 8 heteroatoms. The van der Waals surface area contributed by atoms with Crippen molar-refractivity contribution in [1.29, 1.82) is 0 Å². The molecule has 0 atom stereocenters. The standard InChI is InChI=1S/C23H31N5O3/c1-30-13-2-9-25-23-26-12-7-21(27-23)28(16-17-5-10-24-11-6-17)22(29)19-3-4-20-18(15-19)8-14-31-20/h3-4,7,12,15,17,24H,2,5-6,8-11,13-14,16H2,1H3,(H,25,26,27). The van der Waals surface area contributed by atoms with Crippen LogP contribution in [0.15, 0.2) is 30.5 Å². The summed E-state index contributed by atoms with van der Waals surface area (Å²) in [6, 6.07) is 7.54. The Morgan fingerprint density at radius 1 is 1.32 bits per heavy atom. The lowest BCUT2D eigenvalue weighted by Crippen LogP contribution is -2.40. The molecule has 0 aliphatic carbocycles. The number of hydrogen-bond acceptors (Lipinski definition) is 7. The van der Waals surface area contributed by atoms with Crippen LogP contribution < -0.4 is 20.3 Å². The van der Waals surface area contributed by atoms with Gasteiger partial charge in [0.2, 0.25) is 5.95 Å². The van der Waals surface area contributed by atoms with Crippen LogP contribution in [0.3, 0.4) is 0 Å². The fraction of sp³-hybridized carbons (Fsp3) is 0.522. The van der Waals surface area contributed by atoms with E-state index < -0.39 is 0 Å². The summed E-state index contributed by atoms with van der Waals surface area (Å²) >= 11 is 0. The van der Waals surface area contributed by atoms with Gasteiger partial charge in [0.15, 0.2) is 0 Å². The van der Waals surface area contributed by atoms with Gasteiger partial charge in [0.05, 0.1) is 6.61 Å². The van der Waals surface area contributed by atoms with Crippen LogP contribution in [0.2, 0.25) is 0 Å². The molecule has 0 saturated carbocycles. The zero-order valence-corrected chi connectivity index (χ0v) is 18.1. The molecule has 2 aliphatic heterocycles. The molecule has 31 heavy (non-hydrogen) atoms. The van der Waals surface area contributed by atoms with E-state index in [1.165, 1.54) is 0 Å². The molecule has 4 rings (SSSR count). The summed E-state index contributed by atoms with van der Waals surface area (Å²) in [5.74, 6) is 2.45. The smallest absolute Gasteiger partial charge is 0.259 e. The SMILES string of the molecule is COCCCNc1nccc(N(CC2CCNCC2)C(=O)c2ccc3c(c2)CCO3)n1. The van der Waals surface area contributed by atoms with Crippen LogP contribution in [0.5, 0.6) is 5.75 Å². The average molecular weight is 426 g/mol. The van der Waals surface area contributed by atoms with Crippen molar-refractivity contribution in [3.05, 3.63) is 41.6 Å². The number of piperidine rings is 1. The Kier molecular flexibility index (Phi) is 7.32. The minimum atomic E-state index is -0.0303. The predicted molar refractivity (Wildman–Crippen MR) is 120 cm³/mol. The van der Waals surface area contributed by atoms with Gasteiger partial charge in [-0.25, -0.2) is 4.98 Å². The number of rotatable bonds is 9. The summed E-state index contributed by atoms with van der Waals surface area (Å²) in [5.41, 5.74) is 1.77. The van der Waals surface area contributed by atoms with Gasteiger partial charge in [-0.3, -0.25) is 9.69 Å². The number of anilines is 2. The zero-order valence-electron chi connectivity index (χ0n) is 18.1. The molecule has 0 unspecified atom stereocenters. The van der Waals surface area contributed by atoms with E-state index in [-0.39, 0.29) is 5.91 Å². The molecule has 0 bridgehead atoms. The van der Waals surface area contributed by atoms with E-state index in [9.17, 15) is 4.79 Å². The number of fused-ring (bicyclic) bond motifs is 1. The number of nitrogens with one attached hydrogen (secondary N) is 2. The van der Waals surface area contributed by atoms with E-state index in [1.54, 1.807) is 13.3 Å². The summed E-state index contributed by atoms with van der Waals surface area (Å²) in [6.45, 7) is 4.68. The Labute approximate surface area is 183 Å². The molecule has 3 heterocycles. The Morgan fingerprint density at radius 2 is 2.19 bits per heavy atom. The van der Waals surface area contributed by atoms with E-state index in [0.717, 1.165) is 50.1 Å². The van der Waals surface area contributed by atoms with Crippen LogP contribution in [0.1, 0.15) is 35.2 Å². The van der Waals surface area contributed by atoms with Gasteiger partial charge in [-0.15, -0.1) is 0 Å². The highest BCUT2D eigenvalue weighted by molar-refractivity contribution is 6.05. The molecule has 166 valence electrons. The number of hydrogen-bond donors (Lipinski definition) is 2. The number of nitrogens with zero attached hydrogens (tertiary/aromatic N) is 3. The zero-order chi connectivity index (χ0) is 21.5. The summed E-state index contributed by atoms with van der Waals surface area (Å²) in [5, 5.41) is 6.62. The first-order chi connectivity index (χ1) is 15.2. The maximum absolute atomic E-state index is 13.6. The average Bonchev–Trinajstić information content (AvgIpc) is 3.29. The van der Waals surface area contributed by atoms with E-state index >= 15 is 0 Å². The third-order valence-corrected chi connectivity index (χ3v) is 5.81. The minimum Gasteiger partial charge on any atom is -0.493 e. The first-order valence-corrected chi connectivity index (χ1v) is 11.1. The van der Waals surface area contributed by atoms with E-state index in [0.29, 0.717) is 49.6 Å². The van der Waals surface area contributed by atoms with Crippen molar-refractivity contribution in [3.63, 3.8) is 0 Å². The third-order valence-electron chi connectivity index (χ3n) is 5.81. The molecule has 1 aromatic carbocycles. The lowest BCUT2D eigenvalue weighted by Gasteiger charge is -2.30. The summed E-state index contributed by atoms with van der Waals surface area (Å²) in [6.07, 6.45) is 5.51. The maximum Gasteiger partial charge on any atom is 0.259 e. The van der Waals surface area contributed by atoms with Crippen molar-refractivity contribution < 1.29 is 14.3 Å². The number of benzene rings is 1. The quantitative estimate of drug-likeness (QED) is 0.597. The summed E-state index contributed by atoms with van der Waals surface area (Å²) in [4.78, 5) is 24.4. The highest BCUT2D eigenvalue weighted by atomic mass is 16.5. The van der Waals surface area contributed by atoms with Crippen molar-refractivity contribution in [3.8, 4) is 5.75 Å². The molecular weight excluding hydrogens is 394 g/mol. The Balaban J connectivity index is 1.56. The number of carbonyl (C=O) groups is 1. The molecule has 8 nitrogen and oxygen atoms in total. The van der Waals surface area contributed by atoms with E-state index in [2.05, 4.69) is 20.6 Å². The molecule has 2 aliphatic rings. The van der Waals surface area contributed by atoms with Gasteiger partial charge in [0, 0.05) is 45.0 Å². The number of aromatic nitrogens is 2. The topological polar surface area (TPSA) is 88.6 Å². The Bertz CT molecular complexity index is 885. The van der Waals surface area contributed by atoms with Gasteiger partial charge in [-0.05, 0) is 68.1 Å². The highest BCUT2D eigenvalue weighted by Gasteiger charge is 2.26. The number of methoxy groups -OCH3 is 1. The number of ether oxygens (including phenoxy) is 2. The third kappa shape index (κ3) is 5.51. The van der Waals surface area contributed by atoms with E-state index in [1.807, 2.05) is 29.2 Å². The van der Waals surface area contributed by atoms with Gasteiger partial charge in [0.1, 0.15) is 11.6 Å². The van der Waals surface area contributed by atoms with Gasteiger partial charge in [-0.1, -0.05) is 0 Å². The minimum absolute atomic E-state index is 0.0303. The molecule has 1 saturated heterocycles. The second-order valence-corrected chi connectivity index (χ2v) is 8.04. The molecule has 2 aromatic rings. The van der Waals surface area contributed by atoms with Crippen LogP contribution >= 0.6 is 0 Å². The van der Waals surface area contributed by atoms with Crippen LogP contribution in [0.4, 0.5) is 11.8 Å². The molecule has 2 N–H and O–H groups in total. The van der Waals surface area contributed by atoms with Gasteiger partial charge in [-0.2, -0.15) is 4.98 Å². The van der Waals surface area contributed by atoms with Crippen molar-refractivity contribution in [2.45, 2.75) is 25.7 Å². The van der Waals surface area contributed by atoms with Crippen molar-refractivity contribution in [2.24, 2.45) is 5.92 Å². The summed E-state index contributed by atoms with van der Waals surface area (Å²) < 4.78 is 10.7. The number of carbonyl (C=O) groups excluding carboxylic acids is 1. The fourth-order valence-electron chi connectivity index (χ4n) is 4.08. The lowest BCUT2D eigenvalue weighted by molar-refractivity contribution is 0.0980. The second kappa shape index (κ2) is 10.5. The van der Waals surface area contributed by atoms with Gasteiger partial charge < -0.3 is 20.1 Å². The maximum atomic E-state index is 13.6. The Hall–Kier alpha value is -2.71. The van der Waals surface area contributed by atoms with Gasteiger partial charge in [0.25, 0.3) is 5.91 Å². The van der Waals surface area contributed by atoms with Crippen LogP contribution in [-0.2, 0) is 11.2 Å². The van der Waals surface area contributed by atoms with Crippen LogP contribution in [0.25, 0.3) is 0 Å². The highest BCUT2D eigenvalue weighted by Crippen LogP contribution is 2.28. The fourth-order valence-corrected chi connectivity index (χ4v) is 4.08. The molecule has 1 aromatic heterocycles.